The molecule has 5 nitrogen and oxygen atoms in total. The van der Waals surface area contributed by atoms with Crippen molar-refractivity contribution in [2.45, 2.75) is 18.6 Å². The molecule has 0 saturated carbocycles. The van der Waals surface area contributed by atoms with E-state index in [1.165, 1.54) is 17.9 Å². The third kappa shape index (κ3) is 3.59. The molecule has 1 aromatic carbocycles. The predicted molar refractivity (Wildman–Crippen MR) is 85.1 cm³/mol. The normalized spacial score (nSPS) is 18.1. The highest BCUT2D eigenvalue weighted by molar-refractivity contribution is 9.10. The number of thioether (sulfide) groups is 1. The molecular weight excluding hydrogens is 382 g/mol. The lowest BCUT2D eigenvalue weighted by Gasteiger charge is -2.20. The molecule has 1 aromatic rings. The number of carboxylic acid groups (broad SMARTS) is 1. The standard InChI is InChI=1S/C13H11BrClNO4S/c1-6(17)21-8-4-11(18)16(5-8)12-9(13(19)20)2-7(15)3-10(12)14/h2-3,8H,4-5H2,1H3,(H,19,20). The van der Waals surface area contributed by atoms with E-state index in [2.05, 4.69) is 15.9 Å². The van der Waals surface area contributed by atoms with Crippen LogP contribution in [0.4, 0.5) is 5.69 Å². The largest absolute Gasteiger partial charge is 0.478 e. The third-order valence-electron chi connectivity index (χ3n) is 2.95. The molecule has 21 heavy (non-hydrogen) atoms. The van der Waals surface area contributed by atoms with Crippen LogP contribution in [-0.4, -0.2) is 33.9 Å². The maximum atomic E-state index is 12.1. The van der Waals surface area contributed by atoms with Crippen LogP contribution in [-0.2, 0) is 9.59 Å². The minimum atomic E-state index is -1.16. The predicted octanol–water partition coefficient (Wildman–Crippen LogP) is 3.19. The van der Waals surface area contributed by atoms with Gasteiger partial charge in [-0.1, -0.05) is 23.4 Å². The molecule has 1 aliphatic heterocycles. The molecule has 1 saturated heterocycles. The Bertz CT molecular complexity index is 637. The van der Waals surface area contributed by atoms with E-state index in [9.17, 15) is 19.5 Å². The van der Waals surface area contributed by atoms with E-state index < -0.39 is 5.97 Å². The van der Waals surface area contributed by atoms with Crippen LogP contribution >= 0.6 is 39.3 Å². The lowest BCUT2D eigenvalue weighted by molar-refractivity contribution is -0.117. The van der Waals surface area contributed by atoms with Crippen LogP contribution in [0, 0.1) is 0 Å². The summed E-state index contributed by atoms with van der Waals surface area (Å²) in [6.45, 7) is 1.74. The van der Waals surface area contributed by atoms with Gasteiger partial charge in [-0.15, -0.1) is 0 Å². The molecule has 0 spiro atoms. The molecular formula is C13H11BrClNO4S. The minimum absolute atomic E-state index is 0.0452. The van der Waals surface area contributed by atoms with Gasteiger partial charge in [-0.2, -0.15) is 0 Å². The van der Waals surface area contributed by atoms with E-state index in [4.69, 9.17) is 11.6 Å². The van der Waals surface area contributed by atoms with E-state index in [0.717, 1.165) is 11.8 Å². The van der Waals surface area contributed by atoms with Crippen LogP contribution < -0.4 is 4.90 Å². The van der Waals surface area contributed by atoms with Gasteiger partial charge in [-0.3, -0.25) is 9.59 Å². The fraction of sp³-hybridized carbons (Fsp3) is 0.308. The van der Waals surface area contributed by atoms with E-state index in [-0.39, 0.29) is 39.0 Å². The molecule has 1 heterocycles. The van der Waals surface area contributed by atoms with Gasteiger partial charge in [0.25, 0.3) is 0 Å². The maximum absolute atomic E-state index is 12.1. The summed E-state index contributed by atoms with van der Waals surface area (Å²) in [5.74, 6) is -1.37. The Morgan fingerprint density at radius 1 is 1.48 bits per heavy atom. The number of amides is 1. The monoisotopic (exact) mass is 391 g/mol. The number of carbonyl (C=O) groups excluding carboxylic acids is 2. The van der Waals surface area contributed by atoms with Crippen LogP contribution in [0.15, 0.2) is 16.6 Å². The second-order valence-electron chi connectivity index (χ2n) is 4.53. The zero-order chi connectivity index (χ0) is 15.7. The lowest BCUT2D eigenvalue weighted by atomic mass is 10.1. The number of benzene rings is 1. The molecule has 0 bridgehead atoms. The summed E-state index contributed by atoms with van der Waals surface area (Å²) in [7, 11) is 0. The van der Waals surface area contributed by atoms with Crippen LogP contribution in [0.2, 0.25) is 5.02 Å². The highest BCUT2D eigenvalue weighted by Gasteiger charge is 2.35. The lowest BCUT2D eigenvalue weighted by Crippen LogP contribution is -2.27. The van der Waals surface area contributed by atoms with Gasteiger partial charge in [0, 0.05) is 34.6 Å². The second kappa shape index (κ2) is 6.37. The number of halogens is 2. The van der Waals surface area contributed by atoms with Crippen molar-refractivity contribution < 1.29 is 19.5 Å². The van der Waals surface area contributed by atoms with Gasteiger partial charge >= 0.3 is 5.97 Å². The molecule has 0 aromatic heterocycles. The fourth-order valence-corrected chi connectivity index (χ4v) is 4.15. The quantitative estimate of drug-likeness (QED) is 0.855. The Kier molecular flexibility index (Phi) is 4.95. The van der Waals surface area contributed by atoms with Gasteiger partial charge in [-0.05, 0) is 28.1 Å². The summed E-state index contributed by atoms with van der Waals surface area (Å²) in [5, 5.41) is 9.33. The van der Waals surface area contributed by atoms with Crippen molar-refractivity contribution in [3.8, 4) is 0 Å². The molecule has 0 aliphatic carbocycles. The topological polar surface area (TPSA) is 74.7 Å². The summed E-state index contributed by atoms with van der Waals surface area (Å²) in [6, 6.07) is 2.85. The SMILES string of the molecule is CC(=O)SC1CC(=O)N(c2c(Br)cc(Cl)cc2C(=O)O)C1. The first kappa shape index (κ1) is 16.3. The number of carbonyl (C=O) groups is 3. The number of hydrogen-bond acceptors (Lipinski definition) is 4. The number of carboxylic acids is 1. The van der Waals surface area contributed by atoms with Crippen molar-refractivity contribution in [3.63, 3.8) is 0 Å². The summed E-state index contributed by atoms with van der Waals surface area (Å²) in [5.41, 5.74) is 0.236. The summed E-state index contributed by atoms with van der Waals surface area (Å²) >= 11 is 10.2. The molecule has 0 radical (unpaired) electrons. The Balaban J connectivity index is 2.40. The van der Waals surface area contributed by atoms with Gasteiger partial charge < -0.3 is 10.0 Å². The molecule has 1 fully saturated rings. The third-order valence-corrected chi connectivity index (χ3v) is 4.75. The molecule has 1 unspecified atom stereocenters. The molecule has 1 aliphatic rings. The van der Waals surface area contributed by atoms with Crippen molar-refractivity contribution in [1.29, 1.82) is 0 Å². The Labute approximate surface area is 138 Å². The van der Waals surface area contributed by atoms with Crippen LogP contribution in [0.5, 0.6) is 0 Å². The smallest absolute Gasteiger partial charge is 0.337 e. The zero-order valence-electron chi connectivity index (χ0n) is 10.9. The van der Waals surface area contributed by atoms with Crippen LogP contribution in [0.3, 0.4) is 0 Å². The highest BCUT2D eigenvalue weighted by Crippen LogP contribution is 2.37. The Morgan fingerprint density at radius 3 is 2.71 bits per heavy atom. The average Bonchev–Trinajstić information content (AvgIpc) is 2.67. The molecule has 1 N–H and O–H groups in total. The average molecular weight is 393 g/mol. The first-order valence-electron chi connectivity index (χ1n) is 5.99. The van der Waals surface area contributed by atoms with E-state index >= 15 is 0 Å². The highest BCUT2D eigenvalue weighted by atomic mass is 79.9. The Morgan fingerprint density at radius 2 is 2.14 bits per heavy atom. The van der Waals surface area contributed by atoms with Crippen molar-refractivity contribution >= 4 is 62.0 Å². The minimum Gasteiger partial charge on any atom is -0.478 e. The Hall–Kier alpha value is -1.05. The van der Waals surface area contributed by atoms with E-state index in [0.29, 0.717) is 11.0 Å². The van der Waals surface area contributed by atoms with Gasteiger partial charge in [-0.25, -0.2) is 4.79 Å². The van der Waals surface area contributed by atoms with Crippen molar-refractivity contribution in [3.05, 3.63) is 27.2 Å². The van der Waals surface area contributed by atoms with E-state index in [1.54, 1.807) is 6.07 Å². The number of nitrogens with zero attached hydrogens (tertiary/aromatic N) is 1. The molecule has 112 valence electrons. The van der Waals surface area contributed by atoms with E-state index in [1.807, 2.05) is 0 Å². The maximum Gasteiger partial charge on any atom is 0.337 e. The first-order chi connectivity index (χ1) is 9.79. The number of aromatic carboxylic acids is 1. The van der Waals surface area contributed by atoms with Crippen molar-refractivity contribution in [1.82, 2.24) is 0 Å². The molecule has 8 heteroatoms. The van der Waals surface area contributed by atoms with Gasteiger partial charge in [0.1, 0.15) is 0 Å². The number of hydrogen-bond donors (Lipinski definition) is 1. The van der Waals surface area contributed by atoms with Gasteiger partial charge in [0.2, 0.25) is 5.91 Å². The molecule has 1 amide bonds. The summed E-state index contributed by atoms with van der Waals surface area (Å²) < 4.78 is 0.439. The van der Waals surface area contributed by atoms with Crippen LogP contribution in [0.1, 0.15) is 23.7 Å². The van der Waals surface area contributed by atoms with Gasteiger partial charge in [0.15, 0.2) is 5.12 Å². The number of rotatable bonds is 3. The fourth-order valence-electron chi connectivity index (χ4n) is 2.21. The van der Waals surface area contributed by atoms with Crippen LogP contribution in [0.25, 0.3) is 0 Å². The first-order valence-corrected chi connectivity index (χ1v) is 8.04. The number of anilines is 1. The molecule has 2 rings (SSSR count). The van der Waals surface area contributed by atoms with Gasteiger partial charge in [0.05, 0.1) is 11.3 Å². The van der Waals surface area contributed by atoms with Crippen molar-refractivity contribution in [2.24, 2.45) is 0 Å². The summed E-state index contributed by atoms with van der Waals surface area (Å²) in [6.07, 6.45) is 0.207. The zero-order valence-corrected chi connectivity index (χ0v) is 14.1. The molecule has 1 atom stereocenters. The second-order valence-corrected chi connectivity index (χ2v) is 7.30. The van der Waals surface area contributed by atoms with Crippen molar-refractivity contribution in [2.75, 3.05) is 11.4 Å². The summed E-state index contributed by atoms with van der Waals surface area (Å²) in [4.78, 5) is 36.0.